The third-order valence-electron chi connectivity index (χ3n) is 5.76. The van der Waals surface area contributed by atoms with Crippen molar-refractivity contribution in [3.05, 3.63) is 18.7 Å². The van der Waals surface area contributed by atoms with Crippen LogP contribution in [-0.2, 0) is 25.6 Å². The molecule has 1 unspecified atom stereocenters. The topological polar surface area (TPSA) is 93.9 Å². The summed E-state index contributed by atoms with van der Waals surface area (Å²) in [7, 11) is 0. The first kappa shape index (κ1) is 19.8. The van der Waals surface area contributed by atoms with Crippen molar-refractivity contribution >= 4 is 11.9 Å². The number of carbonyl (C=O) groups is 2. The summed E-state index contributed by atoms with van der Waals surface area (Å²) in [6.45, 7) is 5.58. The van der Waals surface area contributed by atoms with E-state index in [1.165, 1.54) is 0 Å². The molecule has 0 bridgehead atoms. The van der Waals surface area contributed by atoms with Crippen molar-refractivity contribution in [2.45, 2.75) is 57.7 Å². The Morgan fingerprint density at radius 2 is 2.00 bits per heavy atom. The molecule has 3 saturated heterocycles. The normalized spacial score (nSPS) is 25.7. The summed E-state index contributed by atoms with van der Waals surface area (Å²) in [6.07, 6.45) is 10.4. The van der Waals surface area contributed by atoms with Crippen molar-refractivity contribution in [2.75, 3.05) is 26.3 Å². The molecule has 1 aromatic rings. The maximum atomic E-state index is 12.5. The molecule has 3 aliphatic heterocycles. The number of cyclic esters (lactones) is 1. The summed E-state index contributed by atoms with van der Waals surface area (Å²) >= 11 is 0. The minimum absolute atomic E-state index is 0.00803. The average molecular weight is 379 g/mol. The molecule has 8 heteroatoms. The zero-order valence-electron chi connectivity index (χ0n) is 15.9. The maximum Gasteiger partial charge on any atom is 0.312 e. The quantitative estimate of drug-likeness (QED) is 0.796. The first-order chi connectivity index (χ1) is 13.0. The average Bonchev–Trinajstić information content (AvgIpc) is 3.25. The van der Waals surface area contributed by atoms with Gasteiger partial charge in [0.2, 0.25) is 0 Å². The minimum Gasteiger partial charge on any atom is -0.481 e. The molecular weight excluding hydrogens is 350 g/mol. The van der Waals surface area contributed by atoms with Gasteiger partial charge in [-0.25, -0.2) is 4.98 Å². The Morgan fingerprint density at radius 3 is 2.59 bits per heavy atom. The van der Waals surface area contributed by atoms with Crippen LogP contribution in [0.5, 0.6) is 0 Å². The summed E-state index contributed by atoms with van der Waals surface area (Å²) in [6, 6.07) is 0.639. The van der Waals surface area contributed by atoms with Crippen LogP contribution < -0.4 is 0 Å². The predicted molar refractivity (Wildman–Crippen MR) is 97.1 cm³/mol. The lowest BCUT2D eigenvalue weighted by Gasteiger charge is -2.41. The Kier molecular flexibility index (Phi) is 6.49. The fraction of sp³-hybridized carbons (Fsp3) is 0.737. The number of hydrogen-bond donors (Lipinski definition) is 1. The molecule has 1 N–H and O–H groups in total. The van der Waals surface area contributed by atoms with Gasteiger partial charge in [-0.3, -0.25) is 9.59 Å². The second-order valence-electron chi connectivity index (χ2n) is 7.67. The highest BCUT2D eigenvalue weighted by Crippen LogP contribution is 2.44. The van der Waals surface area contributed by atoms with Crippen LogP contribution in [0.4, 0.5) is 0 Å². The molecule has 1 aromatic heterocycles. The van der Waals surface area contributed by atoms with Crippen LogP contribution in [0.1, 0.15) is 39.0 Å². The van der Waals surface area contributed by atoms with E-state index in [4.69, 9.17) is 19.4 Å². The summed E-state index contributed by atoms with van der Waals surface area (Å²) in [4.78, 5) is 28.1. The number of imidazole rings is 1. The first-order valence-electron chi connectivity index (χ1n) is 9.67. The van der Waals surface area contributed by atoms with Crippen LogP contribution in [0.2, 0.25) is 0 Å². The number of ether oxygens (including phenoxy) is 2. The first-order valence-corrected chi connectivity index (χ1v) is 9.67. The molecule has 4 heterocycles. The molecule has 0 saturated carbocycles. The number of likely N-dealkylation sites (tertiary alicyclic amines) is 1. The van der Waals surface area contributed by atoms with E-state index >= 15 is 0 Å². The number of hydrogen-bond acceptors (Lipinski definition) is 6. The third kappa shape index (κ3) is 5.07. The van der Waals surface area contributed by atoms with Gasteiger partial charge in [0.25, 0.3) is 5.97 Å². The Balaban J connectivity index is 0.000000481. The summed E-state index contributed by atoms with van der Waals surface area (Å²) in [5.41, 5.74) is -0.243. The minimum atomic E-state index is -0.833. The van der Waals surface area contributed by atoms with Gasteiger partial charge in [-0.15, -0.1) is 0 Å². The van der Waals surface area contributed by atoms with E-state index in [1.807, 2.05) is 10.8 Å². The Hall–Kier alpha value is -1.93. The second-order valence-corrected chi connectivity index (χ2v) is 7.67. The van der Waals surface area contributed by atoms with Crippen molar-refractivity contribution in [2.24, 2.45) is 5.41 Å². The van der Waals surface area contributed by atoms with Crippen molar-refractivity contribution in [1.82, 2.24) is 14.5 Å². The van der Waals surface area contributed by atoms with Crippen LogP contribution in [0.15, 0.2) is 18.7 Å². The van der Waals surface area contributed by atoms with Gasteiger partial charge in [0.05, 0.1) is 18.3 Å². The van der Waals surface area contributed by atoms with E-state index in [1.54, 1.807) is 12.5 Å². The Morgan fingerprint density at radius 1 is 1.33 bits per heavy atom. The monoisotopic (exact) mass is 379 g/mol. The molecule has 3 aliphatic rings. The van der Waals surface area contributed by atoms with Gasteiger partial charge < -0.3 is 24.0 Å². The Labute approximate surface area is 159 Å². The highest BCUT2D eigenvalue weighted by molar-refractivity contribution is 5.79. The van der Waals surface area contributed by atoms with E-state index in [0.29, 0.717) is 6.04 Å². The zero-order valence-corrected chi connectivity index (χ0v) is 15.9. The van der Waals surface area contributed by atoms with Crippen LogP contribution in [0.3, 0.4) is 0 Å². The fourth-order valence-electron chi connectivity index (χ4n) is 4.34. The van der Waals surface area contributed by atoms with E-state index in [9.17, 15) is 4.79 Å². The molecule has 0 aromatic carbocycles. The summed E-state index contributed by atoms with van der Waals surface area (Å²) in [5, 5.41) is 7.42. The Bertz CT molecular complexity index is 615. The lowest BCUT2D eigenvalue weighted by molar-refractivity contribution is -0.151. The van der Waals surface area contributed by atoms with Crippen molar-refractivity contribution in [1.29, 1.82) is 0 Å². The van der Waals surface area contributed by atoms with Gasteiger partial charge >= 0.3 is 5.97 Å². The van der Waals surface area contributed by atoms with E-state index in [-0.39, 0.29) is 17.5 Å². The smallest absolute Gasteiger partial charge is 0.312 e. The highest BCUT2D eigenvalue weighted by Gasteiger charge is 2.50. The van der Waals surface area contributed by atoms with Crippen LogP contribution >= 0.6 is 0 Å². The predicted octanol–water partition coefficient (Wildman–Crippen LogP) is 1.55. The van der Waals surface area contributed by atoms with Crippen molar-refractivity contribution < 1.29 is 24.2 Å². The number of carboxylic acids is 1. The van der Waals surface area contributed by atoms with Gasteiger partial charge in [0, 0.05) is 45.0 Å². The molecule has 150 valence electrons. The molecule has 0 amide bonds. The van der Waals surface area contributed by atoms with Crippen molar-refractivity contribution in [3.8, 4) is 0 Å². The fourth-order valence-corrected chi connectivity index (χ4v) is 4.34. The molecule has 8 nitrogen and oxygen atoms in total. The molecule has 27 heavy (non-hydrogen) atoms. The SMILES string of the molecule is CC(=O)O.O=C1OC(Cn2ccnc2)CC12CCN(C1CCOCC1)CC2. The van der Waals surface area contributed by atoms with Gasteiger partial charge in [-0.1, -0.05) is 0 Å². The molecule has 1 spiro atoms. The van der Waals surface area contributed by atoms with Gasteiger partial charge in [0.1, 0.15) is 6.10 Å². The van der Waals surface area contributed by atoms with E-state index in [0.717, 1.165) is 71.9 Å². The number of aliphatic carboxylic acids is 1. The zero-order chi connectivity index (χ0) is 19.3. The molecule has 1 atom stereocenters. The summed E-state index contributed by atoms with van der Waals surface area (Å²) < 4.78 is 13.1. The second kappa shape index (κ2) is 8.84. The summed E-state index contributed by atoms with van der Waals surface area (Å²) in [5.74, 6) is -0.811. The number of carbonyl (C=O) groups excluding carboxylic acids is 1. The van der Waals surface area contributed by atoms with E-state index in [2.05, 4.69) is 9.88 Å². The van der Waals surface area contributed by atoms with Crippen LogP contribution in [0, 0.1) is 5.41 Å². The number of rotatable bonds is 3. The number of nitrogens with zero attached hydrogens (tertiary/aromatic N) is 3. The van der Waals surface area contributed by atoms with Crippen LogP contribution in [-0.4, -0.2) is 69.9 Å². The number of aromatic nitrogens is 2. The van der Waals surface area contributed by atoms with Crippen molar-refractivity contribution in [3.63, 3.8) is 0 Å². The lowest BCUT2D eigenvalue weighted by atomic mass is 9.75. The highest BCUT2D eigenvalue weighted by atomic mass is 16.6. The maximum absolute atomic E-state index is 12.5. The van der Waals surface area contributed by atoms with E-state index < -0.39 is 5.97 Å². The molecule has 3 fully saturated rings. The number of esters is 1. The van der Waals surface area contributed by atoms with Gasteiger partial charge in [0.15, 0.2) is 0 Å². The molecule has 0 aliphatic carbocycles. The molecule has 0 radical (unpaired) electrons. The lowest BCUT2D eigenvalue weighted by Crippen LogP contribution is -2.48. The standard InChI is InChI=1S/C17H25N3O3.C2H4O2/c21-16-17(11-15(23-16)12-19-8-5-18-13-19)3-6-20(7-4-17)14-1-9-22-10-2-14;1-2(3)4/h5,8,13-15H,1-4,6-7,9-12H2;1H3,(H,3,4). The third-order valence-corrected chi connectivity index (χ3v) is 5.76. The van der Waals surface area contributed by atoms with Gasteiger partial charge in [-0.2, -0.15) is 0 Å². The number of piperidine rings is 1. The number of carboxylic acid groups (broad SMARTS) is 1. The molecular formula is C19H29N3O5. The van der Waals surface area contributed by atoms with Crippen LogP contribution in [0.25, 0.3) is 0 Å². The van der Waals surface area contributed by atoms with Gasteiger partial charge in [-0.05, 0) is 38.8 Å². The largest absolute Gasteiger partial charge is 0.481 e. The molecule has 4 rings (SSSR count).